The molecular formula is C20H24N2O2. The van der Waals surface area contributed by atoms with Crippen molar-refractivity contribution in [1.82, 2.24) is 10.2 Å². The van der Waals surface area contributed by atoms with E-state index in [1.807, 2.05) is 74.5 Å². The molecule has 0 fully saturated rings. The molecule has 2 amide bonds. The SMILES string of the molecule is CC(C)[C@H](NC(=O)C(=O)N(C)Cc1ccccc1)c1ccccc1. The molecule has 0 aliphatic carbocycles. The highest BCUT2D eigenvalue weighted by Gasteiger charge is 2.24. The molecule has 0 heterocycles. The van der Waals surface area contributed by atoms with Crippen LogP contribution >= 0.6 is 0 Å². The van der Waals surface area contributed by atoms with Gasteiger partial charge in [0.15, 0.2) is 0 Å². The lowest BCUT2D eigenvalue weighted by Crippen LogP contribution is -2.43. The summed E-state index contributed by atoms with van der Waals surface area (Å²) in [4.78, 5) is 26.1. The van der Waals surface area contributed by atoms with Crippen LogP contribution in [0.4, 0.5) is 0 Å². The van der Waals surface area contributed by atoms with Gasteiger partial charge in [-0.2, -0.15) is 0 Å². The topological polar surface area (TPSA) is 49.4 Å². The van der Waals surface area contributed by atoms with Crippen molar-refractivity contribution in [2.75, 3.05) is 7.05 Å². The van der Waals surface area contributed by atoms with Crippen LogP contribution in [0.15, 0.2) is 60.7 Å². The Hall–Kier alpha value is -2.62. The molecule has 4 heteroatoms. The molecule has 1 atom stereocenters. The zero-order chi connectivity index (χ0) is 17.5. The molecule has 2 rings (SSSR count). The Labute approximate surface area is 143 Å². The molecule has 0 saturated carbocycles. The summed E-state index contributed by atoms with van der Waals surface area (Å²) < 4.78 is 0. The van der Waals surface area contributed by atoms with E-state index in [2.05, 4.69) is 5.32 Å². The molecule has 0 aromatic heterocycles. The summed E-state index contributed by atoms with van der Waals surface area (Å²) in [5.74, 6) is -0.917. The molecule has 0 aliphatic heterocycles. The summed E-state index contributed by atoms with van der Waals surface area (Å²) in [6.45, 7) is 4.46. The first-order chi connectivity index (χ1) is 11.5. The quantitative estimate of drug-likeness (QED) is 0.859. The first-order valence-corrected chi connectivity index (χ1v) is 8.14. The highest BCUT2D eigenvalue weighted by Crippen LogP contribution is 2.21. The van der Waals surface area contributed by atoms with E-state index < -0.39 is 11.8 Å². The monoisotopic (exact) mass is 324 g/mol. The zero-order valence-corrected chi connectivity index (χ0v) is 14.4. The van der Waals surface area contributed by atoms with Gasteiger partial charge in [0.2, 0.25) is 0 Å². The number of rotatable bonds is 5. The minimum atomic E-state index is -0.573. The fourth-order valence-corrected chi connectivity index (χ4v) is 2.60. The fourth-order valence-electron chi connectivity index (χ4n) is 2.60. The summed E-state index contributed by atoms with van der Waals surface area (Å²) in [6.07, 6.45) is 0. The van der Waals surface area contributed by atoms with Crippen molar-refractivity contribution < 1.29 is 9.59 Å². The molecule has 2 aromatic carbocycles. The van der Waals surface area contributed by atoms with Crippen molar-refractivity contribution in [2.45, 2.75) is 26.4 Å². The molecule has 0 unspecified atom stereocenters. The van der Waals surface area contributed by atoms with Crippen molar-refractivity contribution in [1.29, 1.82) is 0 Å². The number of nitrogens with zero attached hydrogens (tertiary/aromatic N) is 1. The van der Waals surface area contributed by atoms with Gasteiger partial charge in [-0.3, -0.25) is 9.59 Å². The summed E-state index contributed by atoms with van der Waals surface area (Å²) in [6, 6.07) is 19.1. The van der Waals surface area contributed by atoms with E-state index in [1.54, 1.807) is 7.05 Å². The summed E-state index contributed by atoms with van der Waals surface area (Å²) in [5, 5.41) is 2.87. The molecule has 2 aromatic rings. The Morgan fingerprint density at radius 2 is 1.50 bits per heavy atom. The Kier molecular flexibility index (Phi) is 6.13. The van der Waals surface area contributed by atoms with E-state index in [-0.39, 0.29) is 12.0 Å². The molecular weight excluding hydrogens is 300 g/mol. The number of amides is 2. The van der Waals surface area contributed by atoms with Crippen LogP contribution in [0.2, 0.25) is 0 Å². The van der Waals surface area contributed by atoms with Crippen LogP contribution in [0.3, 0.4) is 0 Å². The lowest BCUT2D eigenvalue weighted by molar-refractivity contribution is -0.145. The van der Waals surface area contributed by atoms with E-state index in [1.165, 1.54) is 4.90 Å². The van der Waals surface area contributed by atoms with Gasteiger partial charge in [-0.1, -0.05) is 74.5 Å². The van der Waals surface area contributed by atoms with Gasteiger partial charge in [-0.05, 0) is 17.0 Å². The second kappa shape index (κ2) is 8.29. The first kappa shape index (κ1) is 17.7. The molecule has 24 heavy (non-hydrogen) atoms. The van der Waals surface area contributed by atoms with Crippen LogP contribution in [-0.4, -0.2) is 23.8 Å². The van der Waals surface area contributed by atoms with Crippen molar-refractivity contribution in [3.05, 3.63) is 71.8 Å². The molecule has 0 radical (unpaired) electrons. The van der Waals surface area contributed by atoms with Gasteiger partial charge in [0.25, 0.3) is 0 Å². The van der Waals surface area contributed by atoms with E-state index >= 15 is 0 Å². The van der Waals surface area contributed by atoms with Crippen molar-refractivity contribution in [3.8, 4) is 0 Å². The van der Waals surface area contributed by atoms with Gasteiger partial charge >= 0.3 is 11.8 Å². The average Bonchev–Trinajstić information content (AvgIpc) is 2.60. The predicted octanol–water partition coefficient (Wildman–Crippen LogP) is 3.16. The van der Waals surface area contributed by atoms with Gasteiger partial charge < -0.3 is 10.2 Å². The van der Waals surface area contributed by atoms with Crippen LogP contribution in [0.5, 0.6) is 0 Å². The van der Waals surface area contributed by atoms with Crippen LogP contribution in [-0.2, 0) is 16.1 Å². The number of likely N-dealkylation sites (N-methyl/N-ethyl adjacent to an activating group) is 1. The molecule has 0 bridgehead atoms. The Morgan fingerprint density at radius 1 is 0.958 bits per heavy atom. The van der Waals surface area contributed by atoms with Crippen molar-refractivity contribution in [2.24, 2.45) is 5.92 Å². The molecule has 0 aliphatic rings. The van der Waals surface area contributed by atoms with Crippen molar-refractivity contribution >= 4 is 11.8 Å². The summed E-state index contributed by atoms with van der Waals surface area (Å²) >= 11 is 0. The third-order valence-electron chi connectivity index (χ3n) is 3.92. The second-order valence-corrected chi connectivity index (χ2v) is 6.25. The summed E-state index contributed by atoms with van der Waals surface area (Å²) in [5.41, 5.74) is 1.99. The maximum atomic E-state index is 12.4. The maximum Gasteiger partial charge on any atom is 0.311 e. The third kappa shape index (κ3) is 4.69. The van der Waals surface area contributed by atoms with Gasteiger partial charge in [-0.25, -0.2) is 0 Å². The normalized spacial score (nSPS) is 11.8. The Balaban J connectivity index is 2.02. The molecule has 1 N–H and O–H groups in total. The summed E-state index contributed by atoms with van der Waals surface area (Å²) in [7, 11) is 1.64. The van der Waals surface area contributed by atoms with Crippen LogP contribution in [0.1, 0.15) is 31.0 Å². The van der Waals surface area contributed by atoms with E-state index in [9.17, 15) is 9.59 Å². The Morgan fingerprint density at radius 3 is 2.04 bits per heavy atom. The Bertz CT molecular complexity index is 669. The predicted molar refractivity (Wildman–Crippen MR) is 95.1 cm³/mol. The van der Waals surface area contributed by atoms with E-state index in [0.29, 0.717) is 6.54 Å². The standard InChI is InChI=1S/C20H24N2O2/c1-15(2)18(17-12-8-5-9-13-17)21-19(23)20(24)22(3)14-16-10-6-4-7-11-16/h4-13,15,18H,14H2,1-3H3,(H,21,23)/t18-/m0/s1. The lowest BCUT2D eigenvalue weighted by Gasteiger charge is -2.24. The molecule has 126 valence electrons. The van der Waals surface area contributed by atoms with Crippen LogP contribution in [0, 0.1) is 5.92 Å². The van der Waals surface area contributed by atoms with Crippen LogP contribution in [0.25, 0.3) is 0 Å². The number of carbonyl (C=O) groups is 2. The lowest BCUT2D eigenvalue weighted by atomic mass is 9.96. The molecule has 0 spiro atoms. The van der Waals surface area contributed by atoms with Crippen molar-refractivity contribution in [3.63, 3.8) is 0 Å². The molecule has 4 nitrogen and oxygen atoms in total. The van der Waals surface area contributed by atoms with Gasteiger partial charge in [0.05, 0.1) is 6.04 Å². The smallest absolute Gasteiger partial charge is 0.311 e. The van der Waals surface area contributed by atoms with Gasteiger partial charge in [0, 0.05) is 13.6 Å². The first-order valence-electron chi connectivity index (χ1n) is 8.14. The number of benzene rings is 2. The molecule has 0 saturated heterocycles. The van der Waals surface area contributed by atoms with Crippen LogP contribution < -0.4 is 5.32 Å². The number of hydrogen-bond donors (Lipinski definition) is 1. The van der Waals surface area contributed by atoms with Gasteiger partial charge in [0.1, 0.15) is 0 Å². The minimum absolute atomic E-state index is 0.184. The fraction of sp³-hybridized carbons (Fsp3) is 0.300. The highest BCUT2D eigenvalue weighted by molar-refractivity contribution is 6.35. The minimum Gasteiger partial charge on any atom is -0.341 e. The number of hydrogen-bond acceptors (Lipinski definition) is 2. The van der Waals surface area contributed by atoms with Gasteiger partial charge in [-0.15, -0.1) is 0 Å². The average molecular weight is 324 g/mol. The number of carbonyl (C=O) groups excluding carboxylic acids is 2. The zero-order valence-electron chi connectivity index (χ0n) is 14.4. The highest BCUT2D eigenvalue weighted by atomic mass is 16.2. The maximum absolute atomic E-state index is 12.4. The second-order valence-electron chi connectivity index (χ2n) is 6.25. The van der Waals surface area contributed by atoms with E-state index in [4.69, 9.17) is 0 Å². The van der Waals surface area contributed by atoms with E-state index in [0.717, 1.165) is 11.1 Å². The number of nitrogens with one attached hydrogen (secondary N) is 1. The largest absolute Gasteiger partial charge is 0.341 e. The third-order valence-corrected chi connectivity index (χ3v) is 3.92.